The molecule has 1 unspecified atom stereocenters. The van der Waals surface area contributed by atoms with Gasteiger partial charge in [-0.3, -0.25) is 13.9 Å². The number of carbonyl (C=O) groups is 2. The molecule has 2 aromatic carbocycles. The van der Waals surface area contributed by atoms with Gasteiger partial charge in [-0.15, -0.1) is 0 Å². The van der Waals surface area contributed by atoms with Crippen LogP contribution in [-0.4, -0.2) is 57.1 Å². The number of amides is 2. The van der Waals surface area contributed by atoms with Crippen LogP contribution in [0.5, 0.6) is 5.75 Å². The zero-order chi connectivity index (χ0) is 27.9. The first-order valence-corrected chi connectivity index (χ1v) is 15.3. The number of nitrogens with one attached hydrogen (secondary N) is 1. The number of benzene rings is 2. The van der Waals surface area contributed by atoms with Gasteiger partial charge >= 0.3 is 0 Å². The first-order chi connectivity index (χ1) is 18.0. The van der Waals surface area contributed by atoms with Crippen molar-refractivity contribution >= 4 is 50.7 Å². The molecule has 0 aromatic heterocycles. The lowest BCUT2D eigenvalue weighted by molar-refractivity contribution is -0.141. The number of rotatable bonds is 12. The monoisotopic (exact) mass is 583 g/mol. The maximum Gasteiger partial charge on any atom is 0.242 e. The fourth-order valence-corrected chi connectivity index (χ4v) is 6.04. The molecule has 0 radical (unpaired) electrons. The molecular formula is C27H35Cl2N3O5S. The van der Waals surface area contributed by atoms with Crippen LogP contribution in [0.25, 0.3) is 0 Å². The second-order valence-corrected chi connectivity index (χ2v) is 12.3. The van der Waals surface area contributed by atoms with E-state index in [9.17, 15) is 18.0 Å². The van der Waals surface area contributed by atoms with E-state index >= 15 is 0 Å². The van der Waals surface area contributed by atoms with Gasteiger partial charge in [0.05, 0.1) is 24.1 Å². The number of anilines is 1. The van der Waals surface area contributed by atoms with Crippen molar-refractivity contribution in [3.63, 3.8) is 0 Å². The van der Waals surface area contributed by atoms with E-state index in [0.717, 1.165) is 37.5 Å². The minimum Gasteiger partial charge on any atom is -0.495 e. The summed E-state index contributed by atoms with van der Waals surface area (Å²) in [7, 11) is -2.16. The van der Waals surface area contributed by atoms with Crippen LogP contribution in [-0.2, 0) is 26.2 Å². The van der Waals surface area contributed by atoms with Crippen LogP contribution in [0, 0.1) is 0 Å². The molecule has 8 nitrogen and oxygen atoms in total. The van der Waals surface area contributed by atoms with Crippen LogP contribution in [0.4, 0.5) is 5.69 Å². The van der Waals surface area contributed by atoms with Gasteiger partial charge in [-0.25, -0.2) is 8.42 Å². The zero-order valence-electron chi connectivity index (χ0n) is 22.0. The maximum absolute atomic E-state index is 13.4. The number of carbonyl (C=O) groups excluding carboxylic acids is 2. The summed E-state index contributed by atoms with van der Waals surface area (Å²) in [4.78, 5) is 28.0. The number of sulfonamides is 1. The standard InChI is InChI=1S/C27H35Cl2N3O5S/c1-19(27(34)30-22-10-4-5-11-22)31(18-20-8-6-9-21(28)16-20)26(33)12-7-15-32(38(3,35)36)23-13-14-25(37-2)24(29)17-23/h6,8-9,13-14,16-17,19,22H,4-5,7,10-12,15,18H2,1-3H3,(H,30,34). The Labute approximate surface area is 235 Å². The molecule has 11 heteroatoms. The number of ether oxygens (including phenoxy) is 1. The van der Waals surface area contributed by atoms with Crippen LogP contribution in [0.1, 0.15) is 51.0 Å². The quantitative estimate of drug-likeness (QED) is 0.378. The van der Waals surface area contributed by atoms with Gasteiger partial charge in [-0.05, 0) is 62.1 Å². The number of nitrogens with zero attached hydrogens (tertiary/aromatic N) is 2. The van der Waals surface area contributed by atoms with Gasteiger partial charge in [0, 0.05) is 30.6 Å². The predicted molar refractivity (Wildman–Crippen MR) is 151 cm³/mol. The number of halogens is 2. The molecule has 0 bridgehead atoms. The molecule has 1 atom stereocenters. The van der Waals surface area contributed by atoms with E-state index in [2.05, 4.69) is 5.32 Å². The highest BCUT2D eigenvalue weighted by Crippen LogP contribution is 2.30. The fourth-order valence-electron chi connectivity index (χ4n) is 4.62. The van der Waals surface area contributed by atoms with Gasteiger partial charge in [0.1, 0.15) is 11.8 Å². The van der Waals surface area contributed by atoms with Crippen molar-refractivity contribution in [2.24, 2.45) is 0 Å². The van der Waals surface area contributed by atoms with Crippen molar-refractivity contribution in [2.75, 3.05) is 24.2 Å². The first-order valence-electron chi connectivity index (χ1n) is 12.6. The molecule has 2 aromatic rings. The minimum absolute atomic E-state index is 0.0531. The van der Waals surface area contributed by atoms with Gasteiger partial charge in [0.15, 0.2) is 0 Å². The summed E-state index contributed by atoms with van der Waals surface area (Å²) in [5.74, 6) is -0.0150. The average Bonchev–Trinajstić information content (AvgIpc) is 3.37. The van der Waals surface area contributed by atoms with E-state index in [-0.39, 0.29) is 48.8 Å². The highest BCUT2D eigenvalue weighted by molar-refractivity contribution is 7.92. The third-order valence-corrected chi connectivity index (χ3v) is 8.41. The van der Waals surface area contributed by atoms with Gasteiger partial charge in [0.25, 0.3) is 0 Å². The number of hydrogen-bond donors (Lipinski definition) is 1. The molecule has 0 spiro atoms. The van der Waals surface area contributed by atoms with Gasteiger partial charge in [-0.2, -0.15) is 0 Å². The van der Waals surface area contributed by atoms with E-state index < -0.39 is 16.1 Å². The van der Waals surface area contributed by atoms with E-state index in [1.54, 1.807) is 37.3 Å². The molecule has 3 rings (SSSR count). The van der Waals surface area contributed by atoms with Crippen molar-refractivity contribution in [2.45, 2.75) is 64.1 Å². The Hall–Kier alpha value is -2.49. The molecule has 0 saturated heterocycles. The summed E-state index contributed by atoms with van der Waals surface area (Å²) >= 11 is 12.4. The fraction of sp³-hybridized carbons (Fsp3) is 0.481. The van der Waals surface area contributed by atoms with E-state index in [1.165, 1.54) is 22.4 Å². The molecule has 208 valence electrons. The molecule has 1 fully saturated rings. The van der Waals surface area contributed by atoms with Crippen molar-refractivity contribution in [1.82, 2.24) is 10.2 Å². The molecule has 1 saturated carbocycles. The van der Waals surface area contributed by atoms with Crippen LogP contribution >= 0.6 is 23.2 Å². The summed E-state index contributed by atoms with van der Waals surface area (Å²) in [5.41, 5.74) is 1.18. The largest absolute Gasteiger partial charge is 0.495 e. The van der Waals surface area contributed by atoms with E-state index in [0.29, 0.717) is 16.5 Å². The van der Waals surface area contributed by atoms with Crippen LogP contribution in [0.15, 0.2) is 42.5 Å². The molecule has 2 amide bonds. The second-order valence-electron chi connectivity index (χ2n) is 9.58. The van der Waals surface area contributed by atoms with Gasteiger partial charge < -0.3 is 15.0 Å². The highest BCUT2D eigenvalue weighted by Gasteiger charge is 2.29. The second kappa shape index (κ2) is 13.5. The van der Waals surface area contributed by atoms with Crippen LogP contribution in [0.2, 0.25) is 10.0 Å². The van der Waals surface area contributed by atoms with Crippen molar-refractivity contribution in [3.8, 4) is 5.75 Å². The van der Waals surface area contributed by atoms with E-state index in [1.807, 2.05) is 6.07 Å². The van der Waals surface area contributed by atoms with Crippen LogP contribution < -0.4 is 14.4 Å². The molecule has 1 aliphatic rings. The van der Waals surface area contributed by atoms with Crippen molar-refractivity contribution < 1.29 is 22.7 Å². The molecule has 0 heterocycles. The summed E-state index contributed by atoms with van der Waals surface area (Å²) < 4.78 is 31.4. The smallest absolute Gasteiger partial charge is 0.242 e. The Balaban J connectivity index is 1.73. The molecule has 1 N–H and O–H groups in total. The van der Waals surface area contributed by atoms with Crippen molar-refractivity contribution in [1.29, 1.82) is 0 Å². The average molecular weight is 585 g/mol. The summed E-state index contributed by atoms with van der Waals surface area (Å²) in [6, 6.07) is 11.3. The Morgan fingerprint density at radius 2 is 1.84 bits per heavy atom. The molecule has 38 heavy (non-hydrogen) atoms. The Morgan fingerprint density at radius 3 is 2.45 bits per heavy atom. The first kappa shape index (κ1) is 30.1. The SMILES string of the molecule is COc1ccc(N(CCCC(=O)N(Cc2cccc(Cl)c2)C(C)C(=O)NC2CCCC2)S(C)(=O)=O)cc1Cl. The molecule has 1 aliphatic carbocycles. The lowest BCUT2D eigenvalue weighted by Crippen LogP contribution is -2.49. The Morgan fingerprint density at radius 1 is 1.13 bits per heavy atom. The third-order valence-electron chi connectivity index (χ3n) is 6.69. The third kappa shape index (κ3) is 8.25. The lowest BCUT2D eigenvalue weighted by Gasteiger charge is -2.30. The Kier molecular flexibility index (Phi) is 10.7. The topological polar surface area (TPSA) is 96.0 Å². The lowest BCUT2D eigenvalue weighted by atomic mass is 10.1. The van der Waals surface area contributed by atoms with Crippen molar-refractivity contribution in [3.05, 3.63) is 58.1 Å². The van der Waals surface area contributed by atoms with Gasteiger partial charge in [0.2, 0.25) is 21.8 Å². The summed E-state index contributed by atoms with van der Waals surface area (Å²) in [6.45, 7) is 2.00. The van der Waals surface area contributed by atoms with Gasteiger partial charge in [-0.1, -0.05) is 48.2 Å². The molecule has 0 aliphatic heterocycles. The predicted octanol–water partition coefficient (Wildman–Crippen LogP) is 5.02. The van der Waals surface area contributed by atoms with Crippen LogP contribution in [0.3, 0.4) is 0 Å². The summed E-state index contributed by atoms with van der Waals surface area (Å²) in [5, 5.41) is 3.90. The minimum atomic E-state index is -3.64. The normalized spacial score (nSPS) is 14.7. The Bertz CT molecular complexity index is 1230. The maximum atomic E-state index is 13.4. The number of hydrogen-bond acceptors (Lipinski definition) is 5. The zero-order valence-corrected chi connectivity index (χ0v) is 24.3. The highest BCUT2D eigenvalue weighted by atomic mass is 35.5. The van der Waals surface area contributed by atoms with E-state index in [4.69, 9.17) is 27.9 Å². The summed E-state index contributed by atoms with van der Waals surface area (Å²) in [6.07, 6.45) is 5.46. The number of methoxy groups -OCH3 is 1. The molecular weight excluding hydrogens is 549 g/mol.